The Kier molecular flexibility index (Phi) is 5.80. The predicted molar refractivity (Wildman–Crippen MR) is 126 cm³/mol. The Morgan fingerprint density at radius 3 is 2.41 bits per heavy atom. The lowest BCUT2D eigenvalue weighted by atomic mass is 9.98. The smallest absolute Gasteiger partial charge is 0.407 e. The summed E-state index contributed by atoms with van der Waals surface area (Å²) >= 11 is 0. The van der Waals surface area contributed by atoms with Crippen molar-refractivity contribution in [2.24, 2.45) is 11.8 Å². The largest absolute Gasteiger partial charge is 0.479 e. The van der Waals surface area contributed by atoms with E-state index in [1.807, 2.05) is 24.3 Å². The van der Waals surface area contributed by atoms with Gasteiger partial charge in [-0.1, -0.05) is 55.5 Å². The van der Waals surface area contributed by atoms with Crippen molar-refractivity contribution in [3.63, 3.8) is 0 Å². The molecule has 2 N–H and O–H groups in total. The van der Waals surface area contributed by atoms with E-state index in [4.69, 9.17) is 4.74 Å². The average molecular weight is 463 g/mol. The van der Waals surface area contributed by atoms with Crippen LogP contribution in [0.3, 0.4) is 0 Å². The third-order valence-corrected chi connectivity index (χ3v) is 7.74. The van der Waals surface area contributed by atoms with Crippen molar-refractivity contribution in [2.45, 2.75) is 44.1 Å². The number of fused-ring (bicyclic) bond motifs is 4. The summed E-state index contributed by atoms with van der Waals surface area (Å²) in [5.41, 5.74) is 3.67. The van der Waals surface area contributed by atoms with Gasteiger partial charge in [-0.25, -0.2) is 9.59 Å². The van der Waals surface area contributed by atoms with Crippen molar-refractivity contribution in [1.82, 2.24) is 10.2 Å². The van der Waals surface area contributed by atoms with Crippen LogP contribution in [0.1, 0.15) is 49.7 Å². The van der Waals surface area contributed by atoms with Gasteiger partial charge in [0.1, 0.15) is 12.1 Å². The third kappa shape index (κ3) is 3.73. The van der Waals surface area contributed by atoms with E-state index in [0.717, 1.165) is 24.0 Å². The number of amides is 2. The van der Waals surface area contributed by atoms with Crippen LogP contribution in [0, 0.1) is 11.8 Å². The van der Waals surface area contributed by atoms with Gasteiger partial charge >= 0.3 is 12.1 Å². The summed E-state index contributed by atoms with van der Waals surface area (Å²) in [6.45, 7) is 2.82. The normalized spacial score (nSPS) is 23.3. The van der Waals surface area contributed by atoms with Crippen molar-refractivity contribution in [3.05, 3.63) is 59.7 Å². The van der Waals surface area contributed by atoms with E-state index in [1.54, 1.807) is 11.8 Å². The van der Waals surface area contributed by atoms with Gasteiger partial charge in [0.2, 0.25) is 5.91 Å². The molecule has 1 heterocycles. The number of carboxylic acid groups (broad SMARTS) is 1. The van der Waals surface area contributed by atoms with Crippen molar-refractivity contribution in [1.29, 1.82) is 0 Å². The standard InChI is InChI=1S/C27H30N2O5/c1-17(24(30)29-14-6-7-18-15-27(18,29)25(31)32)12-13-28-26(33)34-16-23-21-10-4-2-8-19(21)20-9-3-5-11-22(20)23/h2-5,8-11,17-18,23H,6-7,12-16H2,1H3,(H,28,33)(H,31,32)/t17?,18-,27+/m0/s1. The van der Waals surface area contributed by atoms with E-state index >= 15 is 0 Å². The molecule has 1 saturated heterocycles. The highest BCUT2D eigenvalue weighted by Gasteiger charge is 2.66. The van der Waals surface area contributed by atoms with Crippen LogP contribution in [0.4, 0.5) is 4.79 Å². The zero-order chi connectivity index (χ0) is 23.9. The molecule has 2 amide bonds. The van der Waals surface area contributed by atoms with Crippen LogP contribution in [0.15, 0.2) is 48.5 Å². The molecule has 2 aromatic rings. The minimum atomic E-state index is -0.996. The van der Waals surface area contributed by atoms with Crippen LogP contribution >= 0.6 is 0 Å². The number of alkyl carbamates (subject to hydrolysis) is 1. The second-order valence-corrected chi connectivity index (χ2v) is 9.70. The molecule has 0 bridgehead atoms. The Bertz CT molecular complexity index is 1090. The fourth-order valence-electron chi connectivity index (χ4n) is 5.80. The Morgan fingerprint density at radius 2 is 1.76 bits per heavy atom. The number of nitrogens with one attached hydrogen (secondary N) is 1. The maximum Gasteiger partial charge on any atom is 0.407 e. The van der Waals surface area contributed by atoms with Gasteiger partial charge in [-0.3, -0.25) is 4.79 Å². The number of aliphatic carboxylic acids is 1. The van der Waals surface area contributed by atoms with Crippen LogP contribution in [0.25, 0.3) is 11.1 Å². The summed E-state index contributed by atoms with van der Waals surface area (Å²) < 4.78 is 5.55. The van der Waals surface area contributed by atoms with Crippen LogP contribution < -0.4 is 5.32 Å². The number of carbonyl (C=O) groups excluding carboxylic acids is 2. The van der Waals surface area contributed by atoms with Crippen molar-refractivity contribution < 1.29 is 24.2 Å². The van der Waals surface area contributed by atoms with Gasteiger partial charge < -0.3 is 20.1 Å². The number of nitrogens with zero attached hydrogens (tertiary/aromatic N) is 1. The fourth-order valence-corrected chi connectivity index (χ4v) is 5.80. The zero-order valence-electron chi connectivity index (χ0n) is 19.3. The average Bonchev–Trinajstić information content (AvgIpc) is 3.53. The Balaban J connectivity index is 1.12. The van der Waals surface area contributed by atoms with Gasteiger partial charge in [0, 0.05) is 24.9 Å². The first kappa shape index (κ1) is 22.4. The lowest BCUT2D eigenvalue weighted by Crippen LogP contribution is -2.53. The molecule has 2 aromatic carbocycles. The number of hydrogen-bond acceptors (Lipinski definition) is 4. The molecule has 0 radical (unpaired) electrons. The van der Waals surface area contributed by atoms with Crippen LogP contribution in [-0.2, 0) is 14.3 Å². The molecule has 2 fully saturated rings. The summed E-state index contributed by atoms with van der Waals surface area (Å²) in [5, 5.41) is 12.4. The lowest BCUT2D eigenvalue weighted by Gasteiger charge is -2.35. The Morgan fingerprint density at radius 1 is 1.12 bits per heavy atom. The van der Waals surface area contributed by atoms with Crippen LogP contribution in [-0.4, -0.2) is 53.2 Å². The summed E-state index contributed by atoms with van der Waals surface area (Å²) in [7, 11) is 0. The Labute approximate surface area is 199 Å². The molecular formula is C27H30N2O5. The highest BCUT2D eigenvalue weighted by atomic mass is 16.5. The maximum absolute atomic E-state index is 13.0. The first-order valence-corrected chi connectivity index (χ1v) is 12.1. The first-order valence-electron chi connectivity index (χ1n) is 12.1. The molecule has 3 atom stereocenters. The maximum atomic E-state index is 13.0. The van der Waals surface area contributed by atoms with E-state index in [1.165, 1.54) is 11.1 Å². The molecule has 3 aliphatic rings. The van der Waals surface area contributed by atoms with E-state index < -0.39 is 17.6 Å². The number of carbonyl (C=O) groups is 3. The number of hydrogen-bond donors (Lipinski definition) is 2. The van der Waals surface area contributed by atoms with Crippen molar-refractivity contribution in [3.8, 4) is 11.1 Å². The number of rotatable bonds is 7. The molecule has 34 heavy (non-hydrogen) atoms. The molecule has 7 nitrogen and oxygen atoms in total. The monoisotopic (exact) mass is 462 g/mol. The predicted octanol–water partition coefficient (Wildman–Crippen LogP) is 4.02. The van der Waals surface area contributed by atoms with E-state index in [2.05, 4.69) is 29.6 Å². The number of carboxylic acids is 1. The second-order valence-electron chi connectivity index (χ2n) is 9.70. The van der Waals surface area contributed by atoms with Gasteiger partial charge in [0.15, 0.2) is 0 Å². The molecule has 178 valence electrons. The number of piperidine rings is 1. The lowest BCUT2D eigenvalue weighted by molar-refractivity contribution is -0.156. The van der Waals surface area contributed by atoms with Gasteiger partial charge in [-0.2, -0.15) is 0 Å². The molecule has 1 aliphatic heterocycles. The van der Waals surface area contributed by atoms with Crippen LogP contribution in [0.5, 0.6) is 0 Å². The summed E-state index contributed by atoms with van der Waals surface area (Å²) in [4.78, 5) is 38.7. The van der Waals surface area contributed by atoms with Crippen molar-refractivity contribution in [2.75, 3.05) is 19.7 Å². The quantitative estimate of drug-likeness (QED) is 0.648. The van der Waals surface area contributed by atoms with Crippen molar-refractivity contribution >= 4 is 18.0 Å². The van der Waals surface area contributed by atoms with Gasteiger partial charge in [0.25, 0.3) is 0 Å². The molecule has 2 aliphatic carbocycles. The third-order valence-electron chi connectivity index (χ3n) is 7.74. The number of likely N-dealkylation sites (tertiary alicyclic amines) is 1. The summed E-state index contributed by atoms with van der Waals surface area (Å²) in [6, 6.07) is 16.3. The molecule has 5 rings (SSSR count). The van der Waals surface area contributed by atoms with Gasteiger partial charge in [-0.05, 0) is 53.9 Å². The number of ether oxygens (including phenoxy) is 1. The molecule has 7 heteroatoms. The fraction of sp³-hybridized carbons (Fsp3) is 0.444. The molecule has 1 unspecified atom stereocenters. The van der Waals surface area contributed by atoms with Gasteiger partial charge in [0.05, 0.1) is 0 Å². The molecule has 0 spiro atoms. The van der Waals surface area contributed by atoms with E-state index in [0.29, 0.717) is 25.9 Å². The molecule has 0 aromatic heterocycles. The SMILES string of the molecule is CC(CCNC(=O)OCC1c2ccccc2-c2ccccc21)C(=O)N1CCC[C@H]2C[C@]21C(=O)O. The van der Waals surface area contributed by atoms with Gasteiger partial charge in [-0.15, -0.1) is 0 Å². The summed E-state index contributed by atoms with van der Waals surface area (Å²) in [5.74, 6) is -1.33. The highest BCUT2D eigenvalue weighted by molar-refractivity contribution is 5.91. The minimum Gasteiger partial charge on any atom is -0.479 e. The van der Waals surface area contributed by atoms with E-state index in [-0.39, 0.29) is 30.3 Å². The topological polar surface area (TPSA) is 95.9 Å². The molecular weight excluding hydrogens is 432 g/mol. The number of benzene rings is 2. The molecule has 1 saturated carbocycles. The summed E-state index contributed by atoms with van der Waals surface area (Å²) in [6.07, 6.45) is 2.19. The Hall–Kier alpha value is -3.35. The minimum absolute atomic E-state index is 0.00329. The second kappa shape index (κ2) is 8.78. The highest BCUT2D eigenvalue weighted by Crippen LogP contribution is 2.54. The zero-order valence-corrected chi connectivity index (χ0v) is 19.3. The first-order chi connectivity index (χ1) is 16.4. The van der Waals surface area contributed by atoms with E-state index in [9.17, 15) is 19.5 Å². The van der Waals surface area contributed by atoms with Crippen LogP contribution in [0.2, 0.25) is 0 Å².